The van der Waals surface area contributed by atoms with E-state index in [0.717, 1.165) is 0 Å². The number of anilines is 2. The fourth-order valence-electron chi connectivity index (χ4n) is 2.93. The molecule has 154 valence electrons. The highest BCUT2D eigenvalue weighted by Crippen LogP contribution is 2.21. The number of aryl methyl sites for hydroxylation is 2. The lowest BCUT2D eigenvalue weighted by Crippen LogP contribution is -2.32. The first kappa shape index (κ1) is 20.8. The predicted octanol–water partition coefficient (Wildman–Crippen LogP) is 2.00. The van der Waals surface area contributed by atoms with Gasteiger partial charge >= 0.3 is 0 Å². The van der Waals surface area contributed by atoms with Gasteiger partial charge in [0, 0.05) is 67.7 Å². The molecule has 1 N–H and O–H groups in total. The summed E-state index contributed by atoms with van der Waals surface area (Å²) in [5, 5.41) is 2.74. The molecule has 0 fully saturated rings. The van der Waals surface area contributed by atoms with E-state index in [1.165, 1.54) is 32.4 Å². The lowest BCUT2D eigenvalue weighted by molar-refractivity contribution is 0.0986. The molecule has 2 amide bonds. The van der Waals surface area contributed by atoms with Gasteiger partial charge in [0.05, 0.1) is 0 Å². The van der Waals surface area contributed by atoms with Crippen LogP contribution in [0.5, 0.6) is 0 Å². The van der Waals surface area contributed by atoms with Gasteiger partial charge in [0.25, 0.3) is 22.9 Å². The number of hydrogen-bond acceptors (Lipinski definition) is 4. The summed E-state index contributed by atoms with van der Waals surface area (Å²) >= 11 is 0. The third-order valence-corrected chi connectivity index (χ3v) is 4.69. The summed E-state index contributed by atoms with van der Waals surface area (Å²) in [5.41, 5.74) is 1.03. The standard InChI is InChI=1S/C22H22N4O4/c1-4-26(22(30)16-9-11-25(3)20(28)13-16)18-7-5-6-17(14-18)23-21(29)15-8-10-24(2)19(27)12-15/h5-14H,4H2,1-3H3,(H,23,29). The Morgan fingerprint density at radius 1 is 0.900 bits per heavy atom. The van der Waals surface area contributed by atoms with Crippen LogP contribution in [0.25, 0.3) is 0 Å². The van der Waals surface area contributed by atoms with Crippen molar-refractivity contribution in [1.82, 2.24) is 9.13 Å². The first-order chi connectivity index (χ1) is 14.3. The molecule has 0 spiro atoms. The molecule has 2 heterocycles. The molecule has 0 saturated heterocycles. The van der Waals surface area contributed by atoms with E-state index >= 15 is 0 Å². The summed E-state index contributed by atoms with van der Waals surface area (Å²) in [6.45, 7) is 2.20. The van der Waals surface area contributed by atoms with Gasteiger partial charge in [0.2, 0.25) is 0 Å². The predicted molar refractivity (Wildman–Crippen MR) is 115 cm³/mol. The van der Waals surface area contributed by atoms with Crippen LogP contribution in [-0.2, 0) is 14.1 Å². The second kappa shape index (κ2) is 8.60. The Morgan fingerprint density at radius 2 is 1.50 bits per heavy atom. The largest absolute Gasteiger partial charge is 0.322 e. The van der Waals surface area contributed by atoms with Crippen LogP contribution >= 0.6 is 0 Å². The molecule has 0 aliphatic heterocycles. The molecule has 0 aliphatic rings. The molecule has 0 atom stereocenters. The number of nitrogens with zero attached hydrogens (tertiary/aromatic N) is 3. The van der Waals surface area contributed by atoms with Crippen molar-refractivity contribution >= 4 is 23.2 Å². The van der Waals surface area contributed by atoms with E-state index in [0.29, 0.717) is 17.9 Å². The van der Waals surface area contributed by atoms with Gasteiger partial charge in [-0.1, -0.05) is 6.07 Å². The van der Waals surface area contributed by atoms with Crippen molar-refractivity contribution in [2.45, 2.75) is 6.92 Å². The maximum absolute atomic E-state index is 12.9. The van der Waals surface area contributed by atoms with Gasteiger partial charge in [0.1, 0.15) is 0 Å². The average molecular weight is 406 g/mol. The highest BCUT2D eigenvalue weighted by molar-refractivity contribution is 6.07. The number of rotatable bonds is 5. The molecular weight excluding hydrogens is 384 g/mol. The smallest absolute Gasteiger partial charge is 0.258 e. The van der Waals surface area contributed by atoms with E-state index in [1.54, 1.807) is 56.7 Å². The molecule has 8 heteroatoms. The molecule has 30 heavy (non-hydrogen) atoms. The highest BCUT2D eigenvalue weighted by atomic mass is 16.2. The van der Waals surface area contributed by atoms with Crippen molar-refractivity contribution in [3.05, 3.63) is 92.8 Å². The molecule has 3 aromatic rings. The Bertz CT molecular complexity index is 1230. The monoisotopic (exact) mass is 406 g/mol. The van der Waals surface area contributed by atoms with Gasteiger partial charge in [-0.05, 0) is 37.3 Å². The summed E-state index contributed by atoms with van der Waals surface area (Å²) in [6.07, 6.45) is 3.07. The number of aromatic nitrogens is 2. The van der Waals surface area contributed by atoms with Crippen LogP contribution in [0.15, 0.2) is 70.5 Å². The van der Waals surface area contributed by atoms with Gasteiger partial charge in [0.15, 0.2) is 0 Å². The molecule has 0 radical (unpaired) electrons. The number of nitrogens with one attached hydrogen (secondary N) is 1. The Balaban J connectivity index is 1.85. The number of carbonyl (C=O) groups excluding carboxylic acids is 2. The van der Waals surface area contributed by atoms with E-state index < -0.39 is 5.91 Å². The quantitative estimate of drug-likeness (QED) is 0.701. The van der Waals surface area contributed by atoms with Crippen molar-refractivity contribution in [3.8, 4) is 0 Å². The third-order valence-electron chi connectivity index (χ3n) is 4.69. The van der Waals surface area contributed by atoms with Crippen LogP contribution in [0.4, 0.5) is 11.4 Å². The maximum atomic E-state index is 12.9. The normalized spacial score (nSPS) is 10.5. The highest BCUT2D eigenvalue weighted by Gasteiger charge is 2.17. The van der Waals surface area contributed by atoms with E-state index in [4.69, 9.17) is 0 Å². The number of amides is 2. The second-order valence-corrected chi connectivity index (χ2v) is 6.78. The van der Waals surface area contributed by atoms with E-state index in [-0.39, 0.29) is 28.2 Å². The Morgan fingerprint density at radius 3 is 2.10 bits per heavy atom. The minimum absolute atomic E-state index is 0.243. The Kier molecular flexibility index (Phi) is 5.96. The van der Waals surface area contributed by atoms with Crippen molar-refractivity contribution in [1.29, 1.82) is 0 Å². The van der Waals surface area contributed by atoms with E-state index in [9.17, 15) is 19.2 Å². The Labute approximate surface area is 173 Å². The molecule has 0 saturated carbocycles. The van der Waals surface area contributed by atoms with E-state index in [1.807, 2.05) is 6.92 Å². The molecule has 0 unspecified atom stereocenters. The number of pyridine rings is 2. The molecule has 1 aromatic carbocycles. The van der Waals surface area contributed by atoms with Gasteiger partial charge in [-0.3, -0.25) is 19.2 Å². The van der Waals surface area contributed by atoms with Crippen LogP contribution in [-0.4, -0.2) is 27.5 Å². The molecular formula is C22H22N4O4. The van der Waals surface area contributed by atoms with Crippen LogP contribution in [0.2, 0.25) is 0 Å². The summed E-state index contributed by atoms with van der Waals surface area (Å²) in [5.74, 6) is -0.740. The average Bonchev–Trinajstić information content (AvgIpc) is 2.72. The molecule has 2 aromatic heterocycles. The second-order valence-electron chi connectivity index (χ2n) is 6.78. The summed E-state index contributed by atoms with van der Waals surface area (Å²) in [4.78, 5) is 50.5. The number of benzene rings is 1. The van der Waals surface area contributed by atoms with Crippen molar-refractivity contribution in [2.24, 2.45) is 14.1 Å². The van der Waals surface area contributed by atoms with Crippen molar-refractivity contribution in [3.63, 3.8) is 0 Å². The first-order valence-corrected chi connectivity index (χ1v) is 9.37. The van der Waals surface area contributed by atoms with Gasteiger partial charge in [-0.25, -0.2) is 0 Å². The first-order valence-electron chi connectivity index (χ1n) is 9.37. The zero-order valence-corrected chi connectivity index (χ0v) is 17.0. The van der Waals surface area contributed by atoms with E-state index in [2.05, 4.69) is 5.32 Å². The lowest BCUT2D eigenvalue weighted by atomic mass is 10.2. The fourth-order valence-corrected chi connectivity index (χ4v) is 2.93. The SMILES string of the molecule is CCN(C(=O)c1ccn(C)c(=O)c1)c1cccc(NC(=O)c2ccn(C)c(=O)c2)c1. The van der Waals surface area contributed by atoms with Crippen molar-refractivity contribution in [2.75, 3.05) is 16.8 Å². The zero-order chi connectivity index (χ0) is 21.8. The van der Waals surface area contributed by atoms with Gasteiger partial charge in [-0.15, -0.1) is 0 Å². The minimum Gasteiger partial charge on any atom is -0.322 e. The number of carbonyl (C=O) groups is 2. The minimum atomic E-state index is -0.425. The topological polar surface area (TPSA) is 93.4 Å². The molecule has 0 aliphatic carbocycles. The van der Waals surface area contributed by atoms with Crippen LogP contribution < -0.4 is 21.3 Å². The molecule has 3 rings (SSSR count). The third kappa shape index (κ3) is 4.38. The fraction of sp³-hybridized carbons (Fsp3) is 0.182. The maximum Gasteiger partial charge on any atom is 0.258 e. The van der Waals surface area contributed by atoms with Crippen LogP contribution in [0, 0.1) is 0 Å². The van der Waals surface area contributed by atoms with Crippen LogP contribution in [0.3, 0.4) is 0 Å². The zero-order valence-electron chi connectivity index (χ0n) is 17.0. The Hall–Kier alpha value is -3.94. The van der Waals surface area contributed by atoms with Gasteiger partial charge < -0.3 is 19.4 Å². The summed E-state index contributed by atoms with van der Waals surface area (Å²) in [7, 11) is 3.22. The lowest BCUT2D eigenvalue weighted by Gasteiger charge is -2.22. The summed E-state index contributed by atoms with van der Waals surface area (Å²) < 4.78 is 2.76. The van der Waals surface area contributed by atoms with Crippen molar-refractivity contribution < 1.29 is 9.59 Å². The van der Waals surface area contributed by atoms with Gasteiger partial charge in [-0.2, -0.15) is 0 Å². The summed E-state index contributed by atoms with van der Waals surface area (Å²) in [6, 6.07) is 12.5. The molecule has 8 nitrogen and oxygen atoms in total. The number of hydrogen-bond donors (Lipinski definition) is 1. The van der Waals surface area contributed by atoms with Crippen LogP contribution in [0.1, 0.15) is 27.6 Å². The molecule has 0 bridgehead atoms.